The van der Waals surface area contributed by atoms with Crippen molar-refractivity contribution in [1.82, 2.24) is 9.78 Å². The number of aromatic nitrogens is 2. The molecule has 6 heteroatoms. The standard InChI is InChI=1S/C9H7F3N2S/c10-9(11,12)8-3-4-14(13-8)6-7-2-1-5-15-7/h1-5H,6H2. The van der Waals surface area contributed by atoms with Gasteiger partial charge in [0.15, 0.2) is 5.69 Å². The van der Waals surface area contributed by atoms with Crippen molar-refractivity contribution in [2.75, 3.05) is 0 Å². The highest BCUT2D eigenvalue weighted by atomic mass is 32.1. The average molecular weight is 232 g/mol. The van der Waals surface area contributed by atoms with Crippen LogP contribution in [0.15, 0.2) is 29.8 Å². The van der Waals surface area contributed by atoms with Crippen molar-refractivity contribution >= 4 is 11.3 Å². The summed E-state index contributed by atoms with van der Waals surface area (Å²) in [5, 5.41) is 5.33. The van der Waals surface area contributed by atoms with Crippen LogP contribution >= 0.6 is 11.3 Å². The molecule has 0 saturated heterocycles. The van der Waals surface area contributed by atoms with Gasteiger partial charge in [0.05, 0.1) is 6.54 Å². The van der Waals surface area contributed by atoms with E-state index in [-0.39, 0.29) is 0 Å². The second-order valence-corrected chi connectivity index (χ2v) is 4.01. The lowest BCUT2D eigenvalue weighted by Gasteiger charge is -2.01. The maximum absolute atomic E-state index is 12.2. The van der Waals surface area contributed by atoms with E-state index < -0.39 is 11.9 Å². The van der Waals surface area contributed by atoms with E-state index in [1.54, 1.807) is 0 Å². The summed E-state index contributed by atoms with van der Waals surface area (Å²) in [5.74, 6) is 0. The Morgan fingerprint density at radius 3 is 2.67 bits per heavy atom. The molecule has 15 heavy (non-hydrogen) atoms. The molecule has 0 aliphatic heterocycles. The van der Waals surface area contributed by atoms with Gasteiger partial charge in [0.2, 0.25) is 0 Å². The van der Waals surface area contributed by atoms with Gasteiger partial charge >= 0.3 is 6.18 Å². The summed E-state index contributed by atoms with van der Waals surface area (Å²) in [7, 11) is 0. The SMILES string of the molecule is FC(F)(F)c1ccn(Cc2cccs2)n1. The Labute approximate surface area is 88.0 Å². The quantitative estimate of drug-likeness (QED) is 0.778. The van der Waals surface area contributed by atoms with Gasteiger partial charge in [0.1, 0.15) is 0 Å². The van der Waals surface area contributed by atoms with Crippen molar-refractivity contribution in [2.45, 2.75) is 12.7 Å². The van der Waals surface area contributed by atoms with Gasteiger partial charge in [-0.25, -0.2) is 0 Å². The third-order valence-corrected chi connectivity index (χ3v) is 2.69. The van der Waals surface area contributed by atoms with E-state index in [1.165, 1.54) is 22.2 Å². The zero-order valence-corrected chi connectivity index (χ0v) is 8.35. The van der Waals surface area contributed by atoms with Gasteiger partial charge in [0, 0.05) is 11.1 Å². The molecule has 2 nitrogen and oxygen atoms in total. The van der Waals surface area contributed by atoms with E-state index in [1.807, 2.05) is 17.5 Å². The molecule has 0 atom stereocenters. The Bertz CT molecular complexity index is 430. The molecule has 0 amide bonds. The molecule has 0 aromatic carbocycles. The monoisotopic (exact) mass is 232 g/mol. The Morgan fingerprint density at radius 1 is 1.33 bits per heavy atom. The number of hydrogen-bond donors (Lipinski definition) is 0. The molecule has 2 aromatic heterocycles. The maximum Gasteiger partial charge on any atom is 0.435 e. The first kappa shape index (κ1) is 10.2. The fraction of sp³-hybridized carbons (Fsp3) is 0.222. The van der Waals surface area contributed by atoms with Crippen molar-refractivity contribution in [3.05, 3.63) is 40.3 Å². The normalized spacial score (nSPS) is 11.9. The fourth-order valence-electron chi connectivity index (χ4n) is 1.16. The van der Waals surface area contributed by atoms with E-state index in [9.17, 15) is 13.2 Å². The first-order valence-corrected chi connectivity index (χ1v) is 5.07. The number of thiophene rings is 1. The van der Waals surface area contributed by atoms with Crippen molar-refractivity contribution < 1.29 is 13.2 Å². The van der Waals surface area contributed by atoms with Gasteiger partial charge in [0.25, 0.3) is 0 Å². The third kappa shape index (κ3) is 2.38. The Hall–Kier alpha value is -1.30. The predicted molar refractivity (Wildman–Crippen MR) is 50.7 cm³/mol. The second kappa shape index (κ2) is 3.69. The number of nitrogens with zero attached hydrogens (tertiary/aromatic N) is 2. The van der Waals surface area contributed by atoms with Crippen molar-refractivity contribution in [2.24, 2.45) is 0 Å². The highest BCUT2D eigenvalue weighted by Crippen LogP contribution is 2.27. The zero-order valence-electron chi connectivity index (χ0n) is 7.53. The van der Waals surface area contributed by atoms with Crippen molar-refractivity contribution in [1.29, 1.82) is 0 Å². The van der Waals surface area contributed by atoms with Crippen LogP contribution in [0.5, 0.6) is 0 Å². The van der Waals surface area contributed by atoms with Gasteiger partial charge in [-0.05, 0) is 17.5 Å². The molecule has 0 unspecified atom stereocenters. The minimum absolute atomic E-state index is 0.383. The summed E-state index contributed by atoms with van der Waals surface area (Å²) >= 11 is 1.49. The molecule has 80 valence electrons. The lowest BCUT2D eigenvalue weighted by molar-refractivity contribution is -0.141. The second-order valence-electron chi connectivity index (χ2n) is 2.98. The molecule has 0 fully saturated rings. The van der Waals surface area contributed by atoms with Gasteiger partial charge in [-0.15, -0.1) is 11.3 Å². The smallest absolute Gasteiger partial charge is 0.267 e. The van der Waals surface area contributed by atoms with E-state index in [2.05, 4.69) is 5.10 Å². The molecule has 0 aliphatic rings. The van der Waals surface area contributed by atoms with Crippen LogP contribution in [0.2, 0.25) is 0 Å². The summed E-state index contributed by atoms with van der Waals surface area (Å²) in [6, 6.07) is 4.70. The summed E-state index contributed by atoms with van der Waals surface area (Å²) < 4.78 is 37.9. The molecule has 0 radical (unpaired) electrons. The van der Waals surface area contributed by atoms with Gasteiger partial charge in [-0.1, -0.05) is 6.07 Å². The predicted octanol–water partition coefficient (Wildman–Crippen LogP) is 3.01. The largest absolute Gasteiger partial charge is 0.435 e. The topological polar surface area (TPSA) is 17.8 Å². The molecule has 0 aliphatic carbocycles. The van der Waals surface area contributed by atoms with Crippen LogP contribution in [-0.2, 0) is 12.7 Å². The summed E-state index contributed by atoms with van der Waals surface area (Å²) in [4.78, 5) is 0.979. The first-order chi connectivity index (χ1) is 7.05. The first-order valence-electron chi connectivity index (χ1n) is 4.19. The molecule has 0 bridgehead atoms. The lowest BCUT2D eigenvalue weighted by Crippen LogP contribution is -2.08. The van der Waals surface area contributed by atoms with Crippen LogP contribution in [0.1, 0.15) is 10.6 Å². The van der Waals surface area contributed by atoms with E-state index in [0.29, 0.717) is 6.54 Å². The molecule has 0 spiro atoms. The average Bonchev–Trinajstić information content (AvgIpc) is 2.73. The minimum Gasteiger partial charge on any atom is -0.267 e. The Morgan fingerprint density at radius 2 is 2.13 bits per heavy atom. The third-order valence-electron chi connectivity index (χ3n) is 1.83. The molecule has 0 saturated carbocycles. The number of halogens is 3. The van der Waals surface area contributed by atoms with Gasteiger partial charge in [-0.3, -0.25) is 4.68 Å². The molecule has 2 heterocycles. The lowest BCUT2D eigenvalue weighted by atomic mass is 10.4. The molecule has 0 N–H and O–H groups in total. The fourth-order valence-corrected chi connectivity index (χ4v) is 1.86. The number of hydrogen-bond acceptors (Lipinski definition) is 2. The van der Waals surface area contributed by atoms with Crippen molar-refractivity contribution in [3.8, 4) is 0 Å². The van der Waals surface area contributed by atoms with E-state index in [4.69, 9.17) is 0 Å². The van der Waals surface area contributed by atoms with Gasteiger partial charge in [-0.2, -0.15) is 18.3 Å². The number of alkyl halides is 3. The highest BCUT2D eigenvalue weighted by molar-refractivity contribution is 7.09. The Balaban J connectivity index is 2.15. The molecular formula is C9H7F3N2S. The van der Waals surface area contributed by atoms with Crippen LogP contribution in [0.3, 0.4) is 0 Å². The number of rotatable bonds is 2. The Kier molecular flexibility index (Phi) is 2.52. The van der Waals surface area contributed by atoms with Crippen LogP contribution in [0.4, 0.5) is 13.2 Å². The van der Waals surface area contributed by atoms with Crippen LogP contribution in [0, 0.1) is 0 Å². The van der Waals surface area contributed by atoms with Gasteiger partial charge < -0.3 is 0 Å². The molecule has 2 rings (SSSR count). The van der Waals surface area contributed by atoms with E-state index >= 15 is 0 Å². The van der Waals surface area contributed by atoms with Crippen LogP contribution < -0.4 is 0 Å². The maximum atomic E-state index is 12.2. The molecular weight excluding hydrogens is 225 g/mol. The van der Waals surface area contributed by atoms with E-state index in [0.717, 1.165) is 10.9 Å². The van der Waals surface area contributed by atoms with Crippen LogP contribution in [0.25, 0.3) is 0 Å². The zero-order chi connectivity index (χ0) is 10.9. The summed E-state index contributed by atoms with van der Waals surface area (Å²) in [6.45, 7) is 0.383. The highest BCUT2D eigenvalue weighted by Gasteiger charge is 2.33. The molecule has 2 aromatic rings. The summed E-state index contributed by atoms with van der Waals surface area (Å²) in [5.41, 5.74) is -0.848. The minimum atomic E-state index is -4.36. The van der Waals surface area contributed by atoms with Crippen molar-refractivity contribution in [3.63, 3.8) is 0 Å². The summed E-state index contributed by atoms with van der Waals surface area (Å²) in [6.07, 6.45) is -3.02. The van der Waals surface area contributed by atoms with Crippen LogP contribution in [-0.4, -0.2) is 9.78 Å².